The Morgan fingerprint density at radius 3 is 2.48 bits per heavy atom. The Morgan fingerprint density at radius 2 is 1.89 bits per heavy atom. The maximum atomic E-state index is 12.2. The number of nitrogens with zero attached hydrogens (tertiary/aromatic N) is 2. The average Bonchev–Trinajstić information content (AvgIpc) is 2.71. The van der Waals surface area contributed by atoms with Gasteiger partial charge in [0.25, 0.3) is 0 Å². The van der Waals surface area contributed by atoms with Crippen LogP contribution in [-0.2, 0) is 16.1 Å². The lowest BCUT2D eigenvalue weighted by atomic mass is 10.1. The molecule has 1 aliphatic heterocycles. The average molecular weight is 377 g/mol. The van der Waals surface area contributed by atoms with Crippen LogP contribution in [-0.4, -0.2) is 62.8 Å². The summed E-state index contributed by atoms with van der Waals surface area (Å²) in [6.45, 7) is 7.98. The molecule has 2 rings (SSSR count). The molecule has 1 heterocycles. The highest BCUT2D eigenvalue weighted by Gasteiger charge is 2.21. The van der Waals surface area contributed by atoms with Crippen LogP contribution in [0.1, 0.15) is 32.3 Å². The van der Waals surface area contributed by atoms with Gasteiger partial charge in [0, 0.05) is 32.8 Å². The van der Waals surface area contributed by atoms with E-state index in [4.69, 9.17) is 9.47 Å². The van der Waals surface area contributed by atoms with E-state index in [0.717, 1.165) is 56.4 Å². The molecule has 1 aromatic carbocycles. The van der Waals surface area contributed by atoms with Crippen molar-refractivity contribution in [3.05, 3.63) is 29.8 Å². The second kappa shape index (κ2) is 11.4. The van der Waals surface area contributed by atoms with E-state index < -0.39 is 0 Å². The number of carbonyl (C=O) groups excluding carboxylic acids is 1. The van der Waals surface area contributed by atoms with Crippen LogP contribution in [0, 0.1) is 0 Å². The van der Waals surface area contributed by atoms with E-state index in [2.05, 4.69) is 20.5 Å². The summed E-state index contributed by atoms with van der Waals surface area (Å²) in [7, 11) is 1.63. The zero-order valence-corrected chi connectivity index (χ0v) is 16.7. The fraction of sp³-hybridized carbons (Fsp3) is 0.600. The minimum Gasteiger partial charge on any atom is -0.497 e. The normalized spacial score (nSPS) is 15.5. The lowest BCUT2D eigenvalue weighted by Gasteiger charge is -2.34. The van der Waals surface area contributed by atoms with Gasteiger partial charge >= 0.3 is 0 Å². The van der Waals surface area contributed by atoms with Crippen LogP contribution in [0.3, 0.4) is 0 Å². The summed E-state index contributed by atoms with van der Waals surface area (Å²) in [4.78, 5) is 18.9. The van der Waals surface area contributed by atoms with E-state index in [1.165, 1.54) is 0 Å². The molecule has 150 valence electrons. The maximum absolute atomic E-state index is 12.2. The van der Waals surface area contributed by atoms with Gasteiger partial charge in [0.1, 0.15) is 12.3 Å². The molecular formula is C20H32N4O3. The van der Waals surface area contributed by atoms with Gasteiger partial charge in [-0.05, 0) is 44.4 Å². The lowest BCUT2D eigenvalue weighted by molar-refractivity contribution is -0.119. The number of piperidine rings is 1. The second-order valence-electron chi connectivity index (χ2n) is 6.44. The summed E-state index contributed by atoms with van der Waals surface area (Å²) in [5.74, 6) is 1.51. The maximum Gasteiger partial charge on any atom is 0.242 e. The Hall–Kier alpha value is -2.28. The first-order chi connectivity index (χ1) is 13.2. The standard InChI is InChI=1S/C20H32N4O3/c1-4-21-20(24-12-10-18(11-13-24)27-5-2)23-15-19(25)22-14-16-6-8-17(26-3)9-7-16/h6-9,18H,4-5,10-15H2,1-3H3,(H,21,23)(H,22,25). The molecular weight excluding hydrogens is 344 g/mol. The van der Waals surface area contributed by atoms with Crippen molar-refractivity contribution >= 4 is 11.9 Å². The topological polar surface area (TPSA) is 75.2 Å². The van der Waals surface area contributed by atoms with Crippen molar-refractivity contribution in [2.75, 3.05) is 39.9 Å². The van der Waals surface area contributed by atoms with E-state index in [9.17, 15) is 4.79 Å². The van der Waals surface area contributed by atoms with Gasteiger partial charge in [-0.3, -0.25) is 4.79 Å². The van der Waals surface area contributed by atoms with Crippen LogP contribution in [0.15, 0.2) is 29.3 Å². The van der Waals surface area contributed by atoms with E-state index in [-0.39, 0.29) is 12.5 Å². The van der Waals surface area contributed by atoms with Gasteiger partial charge in [0.05, 0.1) is 13.2 Å². The van der Waals surface area contributed by atoms with Crippen LogP contribution in [0.5, 0.6) is 5.75 Å². The fourth-order valence-corrected chi connectivity index (χ4v) is 3.04. The highest BCUT2D eigenvalue weighted by molar-refractivity contribution is 5.85. The number of benzene rings is 1. The number of nitrogens with one attached hydrogen (secondary N) is 2. The van der Waals surface area contributed by atoms with Gasteiger partial charge in [0.15, 0.2) is 5.96 Å². The first kappa shape index (κ1) is 21.0. The number of guanidine groups is 1. The van der Waals surface area contributed by atoms with Crippen molar-refractivity contribution in [3.63, 3.8) is 0 Å². The van der Waals surface area contributed by atoms with Crippen LogP contribution >= 0.6 is 0 Å². The van der Waals surface area contributed by atoms with Gasteiger partial charge in [-0.25, -0.2) is 4.99 Å². The van der Waals surface area contributed by atoms with E-state index in [1.54, 1.807) is 7.11 Å². The third-order valence-corrected chi connectivity index (χ3v) is 4.50. The zero-order chi connectivity index (χ0) is 19.5. The molecule has 1 saturated heterocycles. The number of carbonyl (C=O) groups is 1. The molecule has 7 heteroatoms. The number of ether oxygens (including phenoxy) is 2. The summed E-state index contributed by atoms with van der Waals surface area (Å²) in [6, 6.07) is 7.65. The van der Waals surface area contributed by atoms with E-state index in [0.29, 0.717) is 12.6 Å². The number of aliphatic imine (C=N–C) groups is 1. The molecule has 1 amide bonds. The van der Waals surface area contributed by atoms with Crippen LogP contribution < -0.4 is 15.4 Å². The molecule has 0 unspecified atom stereocenters. The summed E-state index contributed by atoms with van der Waals surface area (Å²) < 4.78 is 10.8. The van der Waals surface area contributed by atoms with Gasteiger partial charge in [-0.15, -0.1) is 0 Å². The van der Waals surface area contributed by atoms with Gasteiger partial charge < -0.3 is 25.0 Å². The van der Waals surface area contributed by atoms with Crippen molar-refractivity contribution in [2.45, 2.75) is 39.3 Å². The quantitative estimate of drug-likeness (QED) is 0.534. The van der Waals surface area contributed by atoms with E-state index >= 15 is 0 Å². The van der Waals surface area contributed by atoms with Crippen LogP contribution in [0.2, 0.25) is 0 Å². The molecule has 1 aliphatic rings. The largest absolute Gasteiger partial charge is 0.497 e. The fourth-order valence-electron chi connectivity index (χ4n) is 3.04. The first-order valence-electron chi connectivity index (χ1n) is 9.70. The van der Waals surface area contributed by atoms with Crippen molar-refractivity contribution in [1.29, 1.82) is 0 Å². The molecule has 0 radical (unpaired) electrons. The Morgan fingerprint density at radius 1 is 1.19 bits per heavy atom. The Labute approximate surface area is 162 Å². The van der Waals surface area contributed by atoms with Gasteiger partial charge in [-0.2, -0.15) is 0 Å². The zero-order valence-electron chi connectivity index (χ0n) is 16.7. The van der Waals surface area contributed by atoms with Crippen molar-refractivity contribution < 1.29 is 14.3 Å². The predicted octanol–water partition coefficient (Wildman–Crippen LogP) is 1.78. The molecule has 0 saturated carbocycles. The molecule has 0 aliphatic carbocycles. The molecule has 1 aromatic rings. The van der Waals surface area contributed by atoms with Crippen LogP contribution in [0.4, 0.5) is 0 Å². The molecule has 2 N–H and O–H groups in total. The molecule has 0 bridgehead atoms. The van der Waals surface area contributed by atoms with Gasteiger partial charge in [-0.1, -0.05) is 12.1 Å². The highest BCUT2D eigenvalue weighted by Crippen LogP contribution is 2.14. The Bertz CT molecular complexity index is 596. The number of hydrogen-bond acceptors (Lipinski definition) is 4. The monoisotopic (exact) mass is 376 g/mol. The Kier molecular flexibility index (Phi) is 8.91. The highest BCUT2D eigenvalue weighted by atomic mass is 16.5. The first-order valence-corrected chi connectivity index (χ1v) is 9.70. The second-order valence-corrected chi connectivity index (χ2v) is 6.44. The summed E-state index contributed by atoms with van der Waals surface area (Å²) in [6.07, 6.45) is 2.31. The number of rotatable bonds is 8. The minimum atomic E-state index is -0.0922. The SMILES string of the molecule is CCNC(=NCC(=O)NCc1ccc(OC)cc1)N1CCC(OCC)CC1. The van der Waals surface area contributed by atoms with Gasteiger partial charge in [0.2, 0.25) is 5.91 Å². The third kappa shape index (κ3) is 7.09. The molecule has 0 aromatic heterocycles. The number of amides is 1. The summed E-state index contributed by atoms with van der Waals surface area (Å²) in [5.41, 5.74) is 1.03. The molecule has 1 fully saturated rings. The number of methoxy groups -OCH3 is 1. The summed E-state index contributed by atoms with van der Waals surface area (Å²) in [5, 5.41) is 6.19. The lowest BCUT2D eigenvalue weighted by Crippen LogP contribution is -2.47. The third-order valence-electron chi connectivity index (χ3n) is 4.50. The number of hydrogen-bond donors (Lipinski definition) is 2. The summed E-state index contributed by atoms with van der Waals surface area (Å²) >= 11 is 0. The van der Waals surface area contributed by atoms with Crippen molar-refractivity contribution in [2.24, 2.45) is 4.99 Å². The Balaban J connectivity index is 1.81. The smallest absolute Gasteiger partial charge is 0.242 e. The molecule has 0 atom stereocenters. The van der Waals surface area contributed by atoms with E-state index in [1.807, 2.05) is 38.1 Å². The molecule has 27 heavy (non-hydrogen) atoms. The minimum absolute atomic E-state index is 0.0922. The predicted molar refractivity (Wildman–Crippen MR) is 107 cm³/mol. The van der Waals surface area contributed by atoms with Crippen molar-refractivity contribution in [1.82, 2.24) is 15.5 Å². The molecule has 0 spiro atoms. The van der Waals surface area contributed by atoms with Crippen LogP contribution in [0.25, 0.3) is 0 Å². The number of likely N-dealkylation sites (tertiary alicyclic amines) is 1. The van der Waals surface area contributed by atoms with Crippen molar-refractivity contribution in [3.8, 4) is 5.75 Å². The molecule has 7 nitrogen and oxygen atoms in total.